The van der Waals surface area contributed by atoms with Gasteiger partial charge in [0.25, 0.3) is 0 Å². The lowest BCUT2D eigenvalue weighted by molar-refractivity contribution is 0.341. The van der Waals surface area contributed by atoms with Crippen LogP contribution >= 0.6 is 0 Å². The highest BCUT2D eigenvalue weighted by molar-refractivity contribution is 4.97. The van der Waals surface area contributed by atoms with Crippen molar-refractivity contribution in [3.05, 3.63) is 11.6 Å². The molecule has 0 aliphatic rings. The summed E-state index contributed by atoms with van der Waals surface area (Å²) in [5.41, 5.74) is 1.30. The van der Waals surface area contributed by atoms with Crippen LogP contribution in [0.25, 0.3) is 0 Å². The van der Waals surface area contributed by atoms with E-state index in [1.807, 2.05) is 6.08 Å². The first-order chi connectivity index (χ1) is 4.31. The van der Waals surface area contributed by atoms with E-state index in [9.17, 15) is 0 Å². The number of allylic oxidation sites excluding steroid dienone is 1. The van der Waals surface area contributed by atoms with Gasteiger partial charge in [-0.25, -0.2) is 0 Å². The fraction of sp³-hybridized carbons (Fsp3) is 0.750. The summed E-state index contributed by atoms with van der Waals surface area (Å²) < 4.78 is 0. The summed E-state index contributed by atoms with van der Waals surface area (Å²) in [4.78, 5) is 0. The van der Waals surface area contributed by atoms with Gasteiger partial charge in [-0.3, -0.25) is 0 Å². The first kappa shape index (κ1) is 8.70. The Labute approximate surface area is 57.4 Å². The molecule has 0 fully saturated rings. The van der Waals surface area contributed by atoms with Crippen LogP contribution in [-0.2, 0) is 0 Å². The summed E-state index contributed by atoms with van der Waals surface area (Å²) in [6, 6.07) is 0. The summed E-state index contributed by atoms with van der Waals surface area (Å²) in [7, 11) is 0. The number of hydrogen-bond acceptors (Lipinski definition) is 1. The van der Waals surface area contributed by atoms with Crippen molar-refractivity contribution in [3.63, 3.8) is 0 Å². The van der Waals surface area contributed by atoms with Crippen LogP contribution in [-0.4, -0.2) is 11.7 Å². The summed E-state index contributed by atoms with van der Waals surface area (Å²) >= 11 is 0. The van der Waals surface area contributed by atoms with Gasteiger partial charge in [0.2, 0.25) is 0 Å². The molecule has 0 aromatic rings. The number of unbranched alkanes of at least 4 members (excludes halogenated alkanes) is 1. The molecule has 1 N–H and O–H groups in total. The van der Waals surface area contributed by atoms with Crippen molar-refractivity contribution >= 4 is 0 Å². The second-order valence-electron chi connectivity index (χ2n) is 2.34. The van der Waals surface area contributed by atoms with Gasteiger partial charge in [-0.15, -0.1) is 0 Å². The van der Waals surface area contributed by atoms with Gasteiger partial charge in [-0.1, -0.05) is 25.0 Å². The highest BCUT2D eigenvalue weighted by atomic mass is 16.2. The van der Waals surface area contributed by atoms with Crippen LogP contribution < -0.4 is 0 Å². The Balaban J connectivity index is 3.25. The van der Waals surface area contributed by atoms with E-state index < -0.39 is 0 Å². The molecule has 0 unspecified atom stereocenters. The molecule has 0 spiro atoms. The Hall–Kier alpha value is -0.300. The molecule has 1 heteroatoms. The van der Waals surface area contributed by atoms with Crippen LogP contribution in [0.1, 0.15) is 33.1 Å². The van der Waals surface area contributed by atoms with E-state index in [2.05, 4.69) is 13.8 Å². The zero-order valence-electron chi connectivity index (χ0n) is 6.35. The zero-order chi connectivity index (χ0) is 7.11. The Morgan fingerprint density at radius 1 is 1.56 bits per heavy atom. The van der Waals surface area contributed by atoms with Gasteiger partial charge in [0.15, 0.2) is 0 Å². The minimum atomic E-state index is 0.190. The molecule has 54 valence electrons. The minimum Gasteiger partial charge on any atom is -0.392 e. The quantitative estimate of drug-likeness (QED) is 0.575. The molecule has 0 radical (unpaired) electrons. The van der Waals surface area contributed by atoms with Gasteiger partial charge in [0.1, 0.15) is 0 Å². The van der Waals surface area contributed by atoms with E-state index in [0.29, 0.717) is 0 Å². The van der Waals surface area contributed by atoms with E-state index in [4.69, 9.17) is 5.11 Å². The number of hydrogen-bond donors (Lipinski definition) is 1. The smallest absolute Gasteiger partial charge is 0.0614 e. The van der Waals surface area contributed by atoms with Gasteiger partial charge < -0.3 is 5.11 Å². The predicted octanol–water partition coefficient (Wildman–Crippen LogP) is 2.12. The molecular formula is C8H16O. The molecule has 0 amide bonds. The molecule has 0 saturated carbocycles. The molecule has 0 atom stereocenters. The van der Waals surface area contributed by atoms with E-state index in [0.717, 1.165) is 6.42 Å². The fourth-order valence-electron chi connectivity index (χ4n) is 0.714. The van der Waals surface area contributed by atoms with Gasteiger partial charge in [0, 0.05) is 0 Å². The molecule has 0 rings (SSSR count). The molecule has 9 heavy (non-hydrogen) atoms. The maximum Gasteiger partial charge on any atom is 0.0614 e. The van der Waals surface area contributed by atoms with Crippen LogP contribution in [0.4, 0.5) is 0 Å². The maximum atomic E-state index is 8.46. The number of aliphatic hydroxyl groups is 1. The highest BCUT2D eigenvalue weighted by Crippen LogP contribution is 2.04. The summed E-state index contributed by atoms with van der Waals surface area (Å²) in [6.45, 7) is 4.42. The molecule has 0 heterocycles. The fourth-order valence-corrected chi connectivity index (χ4v) is 0.714. The third-order valence-corrected chi connectivity index (χ3v) is 1.36. The van der Waals surface area contributed by atoms with Crippen LogP contribution in [0.3, 0.4) is 0 Å². The number of rotatable bonds is 4. The normalized spacial score (nSPS) is 12.1. The van der Waals surface area contributed by atoms with Crippen molar-refractivity contribution in [1.29, 1.82) is 0 Å². The molecule has 0 aliphatic heterocycles. The molecule has 0 bridgehead atoms. The second kappa shape index (κ2) is 5.83. The minimum absolute atomic E-state index is 0.190. The third-order valence-electron chi connectivity index (χ3n) is 1.36. The average molecular weight is 128 g/mol. The van der Waals surface area contributed by atoms with Crippen LogP contribution in [0, 0.1) is 0 Å². The summed E-state index contributed by atoms with van der Waals surface area (Å²) in [5, 5.41) is 8.46. The van der Waals surface area contributed by atoms with Crippen molar-refractivity contribution in [2.75, 3.05) is 6.61 Å². The molecule has 0 aromatic heterocycles. The Morgan fingerprint density at radius 2 is 2.22 bits per heavy atom. The van der Waals surface area contributed by atoms with E-state index in [-0.39, 0.29) is 6.61 Å². The molecule has 0 saturated heterocycles. The molecular weight excluding hydrogens is 112 g/mol. The Kier molecular flexibility index (Phi) is 5.64. The van der Waals surface area contributed by atoms with Crippen molar-refractivity contribution in [2.24, 2.45) is 0 Å². The van der Waals surface area contributed by atoms with Crippen molar-refractivity contribution < 1.29 is 5.11 Å². The highest BCUT2D eigenvalue weighted by Gasteiger charge is 1.85. The van der Waals surface area contributed by atoms with Gasteiger partial charge >= 0.3 is 0 Å². The van der Waals surface area contributed by atoms with Crippen molar-refractivity contribution in [2.45, 2.75) is 33.1 Å². The maximum absolute atomic E-state index is 8.46. The van der Waals surface area contributed by atoms with Crippen molar-refractivity contribution in [3.8, 4) is 0 Å². The van der Waals surface area contributed by atoms with Crippen LogP contribution in [0.15, 0.2) is 11.6 Å². The topological polar surface area (TPSA) is 20.2 Å². The monoisotopic (exact) mass is 128 g/mol. The predicted molar refractivity (Wildman–Crippen MR) is 40.4 cm³/mol. The first-order valence-corrected chi connectivity index (χ1v) is 3.57. The Bertz CT molecular complexity index is 84.6. The lowest BCUT2D eigenvalue weighted by Crippen LogP contribution is -1.80. The van der Waals surface area contributed by atoms with E-state index in [1.54, 1.807) is 0 Å². The first-order valence-electron chi connectivity index (χ1n) is 3.57. The van der Waals surface area contributed by atoms with E-state index >= 15 is 0 Å². The SMILES string of the molecule is CCCC/C(C)=C/CO. The molecule has 0 aliphatic carbocycles. The van der Waals surface area contributed by atoms with Gasteiger partial charge in [-0.05, 0) is 19.8 Å². The summed E-state index contributed by atoms with van der Waals surface area (Å²) in [6.07, 6.45) is 5.48. The zero-order valence-corrected chi connectivity index (χ0v) is 6.35. The van der Waals surface area contributed by atoms with Crippen LogP contribution in [0.5, 0.6) is 0 Å². The van der Waals surface area contributed by atoms with E-state index in [1.165, 1.54) is 18.4 Å². The largest absolute Gasteiger partial charge is 0.392 e. The van der Waals surface area contributed by atoms with Gasteiger partial charge in [0.05, 0.1) is 6.61 Å². The third kappa shape index (κ3) is 5.57. The Morgan fingerprint density at radius 3 is 2.67 bits per heavy atom. The molecule has 1 nitrogen and oxygen atoms in total. The molecule has 0 aromatic carbocycles. The lowest BCUT2D eigenvalue weighted by atomic mass is 10.1. The van der Waals surface area contributed by atoms with Gasteiger partial charge in [-0.2, -0.15) is 0 Å². The second-order valence-corrected chi connectivity index (χ2v) is 2.34. The standard InChI is InChI=1S/C8H16O/c1-3-4-5-8(2)6-7-9/h6,9H,3-5,7H2,1-2H3/b8-6+. The summed E-state index contributed by atoms with van der Waals surface area (Å²) in [5.74, 6) is 0. The number of aliphatic hydroxyl groups excluding tert-OH is 1. The average Bonchev–Trinajstić information content (AvgIpc) is 1.85. The lowest BCUT2D eigenvalue weighted by Gasteiger charge is -1.96. The van der Waals surface area contributed by atoms with Crippen LogP contribution in [0.2, 0.25) is 0 Å². The van der Waals surface area contributed by atoms with Crippen molar-refractivity contribution in [1.82, 2.24) is 0 Å².